The first-order valence-electron chi connectivity index (χ1n) is 9.84. The lowest BCUT2D eigenvalue weighted by molar-refractivity contribution is -0.135. The number of amides is 1. The van der Waals surface area contributed by atoms with Gasteiger partial charge in [-0.15, -0.1) is 0 Å². The van der Waals surface area contributed by atoms with Crippen molar-refractivity contribution in [1.29, 1.82) is 0 Å². The van der Waals surface area contributed by atoms with Gasteiger partial charge in [-0.3, -0.25) is 9.79 Å². The maximum atomic E-state index is 12.6. The Morgan fingerprint density at radius 2 is 2.00 bits per heavy atom. The molecule has 0 spiro atoms. The molecule has 0 atom stereocenters. The van der Waals surface area contributed by atoms with Crippen LogP contribution in [0.1, 0.15) is 11.1 Å². The number of phenolic OH excluding ortho intramolecular Hbond substituents is 1. The summed E-state index contributed by atoms with van der Waals surface area (Å²) in [6.45, 7) is 2.77. The highest BCUT2D eigenvalue weighted by Crippen LogP contribution is 2.23. The summed E-state index contributed by atoms with van der Waals surface area (Å²) in [7, 11) is 3.27. The summed E-state index contributed by atoms with van der Waals surface area (Å²) in [4.78, 5) is 20.7. The molecule has 0 aromatic heterocycles. The lowest BCUT2D eigenvalue weighted by Crippen LogP contribution is -2.55. The van der Waals surface area contributed by atoms with E-state index in [2.05, 4.69) is 10.3 Å². The van der Waals surface area contributed by atoms with E-state index in [-0.39, 0.29) is 18.2 Å². The van der Waals surface area contributed by atoms with Gasteiger partial charge in [0.1, 0.15) is 11.5 Å². The third-order valence-corrected chi connectivity index (χ3v) is 5.34. The molecule has 2 N–H and O–H groups in total. The van der Waals surface area contributed by atoms with Crippen molar-refractivity contribution in [1.82, 2.24) is 15.1 Å². The van der Waals surface area contributed by atoms with Crippen LogP contribution in [0.2, 0.25) is 5.02 Å². The van der Waals surface area contributed by atoms with Gasteiger partial charge >= 0.3 is 0 Å². The van der Waals surface area contributed by atoms with E-state index in [1.54, 1.807) is 20.2 Å². The van der Waals surface area contributed by atoms with Crippen LogP contribution in [0.5, 0.6) is 11.5 Å². The molecule has 2 aromatic rings. The first-order valence-corrected chi connectivity index (χ1v) is 10.2. The molecule has 1 saturated heterocycles. The smallest absolute Gasteiger partial charge is 0.242 e. The minimum atomic E-state index is 0.0620. The SMILES string of the molecule is CN=C(NCCc1ccc(OC)cc1O)N1CCN(Cc2ccc(Cl)cc2)C(=O)C1. The van der Waals surface area contributed by atoms with E-state index in [0.717, 1.165) is 11.1 Å². The monoisotopic (exact) mass is 430 g/mol. The highest BCUT2D eigenvalue weighted by Gasteiger charge is 2.25. The number of methoxy groups -OCH3 is 1. The maximum absolute atomic E-state index is 12.6. The standard InChI is InChI=1S/C22H27ClN4O3/c1-24-22(25-10-9-17-5-8-19(30-2)13-20(17)28)27-12-11-26(21(29)15-27)14-16-3-6-18(23)7-4-16/h3-8,13,28H,9-12,14-15H2,1-2H3,(H,24,25). The predicted molar refractivity (Wildman–Crippen MR) is 118 cm³/mol. The van der Waals surface area contributed by atoms with Gasteiger partial charge in [0.15, 0.2) is 5.96 Å². The summed E-state index contributed by atoms with van der Waals surface area (Å²) in [5.41, 5.74) is 1.88. The Morgan fingerprint density at radius 1 is 1.23 bits per heavy atom. The molecule has 1 aliphatic rings. The molecule has 3 rings (SSSR count). The number of carbonyl (C=O) groups excluding carboxylic acids is 1. The van der Waals surface area contributed by atoms with E-state index < -0.39 is 0 Å². The highest BCUT2D eigenvalue weighted by atomic mass is 35.5. The zero-order valence-corrected chi connectivity index (χ0v) is 18.0. The van der Waals surface area contributed by atoms with Crippen molar-refractivity contribution in [2.75, 3.05) is 40.3 Å². The van der Waals surface area contributed by atoms with E-state index in [4.69, 9.17) is 16.3 Å². The van der Waals surface area contributed by atoms with E-state index >= 15 is 0 Å². The molecule has 0 aliphatic carbocycles. The maximum Gasteiger partial charge on any atom is 0.242 e. The van der Waals surface area contributed by atoms with Crippen LogP contribution in [0.15, 0.2) is 47.5 Å². The van der Waals surface area contributed by atoms with E-state index in [9.17, 15) is 9.90 Å². The molecule has 1 fully saturated rings. The third-order valence-electron chi connectivity index (χ3n) is 5.09. The van der Waals surface area contributed by atoms with Gasteiger partial charge < -0.3 is 25.0 Å². The molecule has 30 heavy (non-hydrogen) atoms. The molecule has 160 valence electrons. The number of phenols is 1. The molecule has 0 saturated carbocycles. The van der Waals surface area contributed by atoms with Crippen LogP contribution in [0.4, 0.5) is 0 Å². The summed E-state index contributed by atoms with van der Waals surface area (Å²) in [6.07, 6.45) is 0.624. The van der Waals surface area contributed by atoms with Crippen LogP contribution >= 0.6 is 11.6 Å². The fourth-order valence-electron chi connectivity index (χ4n) is 3.39. The predicted octanol–water partition coefficient (Wildman–Crippen LogP) is 2.52. The number of piperazine rings is 1. The molecule has 2 aromatic carbocycles. The Morgan fingerprint density at radius 3 is 2.63 bits per heavy atom. The van der Waals surface area contributed by atoms with Gasteiger partial charge in [0.25, 0.3) is 0 Å². The van der Waals surface area contributed by atoms with Gasteiger partial charge in [-0.25, -0.2) is 0 Å². The average Bonchev–Trinajstić information content (AvgIpc) is 2.75. The van der Waals surface area contributed by atoms with E-state index in [0.29, 0.717) is 49.3 Å². The molecule has 1 amide bonds. The quantitative estimate of drug-likeness (QED) is 0.544. The van der Waals surface area contributed by atoms with Gasteiger partial charge in [0.2, 0.25) is 5.91 Å². The molecular weight excluding hydrogens is 404 g/mol. The van der Waals surface area contributed by atoms with Crippen LogP contribution in [-0.2, 0) is 17.8 Å². The lowest BCUT2D eigenvalue weighted by Gasteiger charge is -2.36. The normalized spacial score (nSPS) is 14.8. The van der Waals surface area contributed by atoms with Crippen LogP contribution < -0.4 is 10.1 Å². The number of halogens is 1. The number of ether oxygens (including phenoxy) is 1. The average molecular weight is 431 g/mol. The Labute approximate surface area is 181 Å². The Kier molecular flexibility index (Phi) is 7.41. The molecule has 0 unspecified atom stereocenters. The van der Waals surface area contributed by atoms with Gasteiger partial charge in [0.05, 0.1) is 13.7 Å². The molecule has 0 radical (unpaired) electrons. The van der Waals surface area contributed by atoms with Crippen LogP contribution in [0.3, 0.4) is 0 Å². The topological polar surface area (TPSA) is 77.4 Å². The summed E-state index contributed by atoms with van der Waals surface area (Å²) >= 11 is 5.93. The van der Waals surface area contributed by atoms with Gasteiger partial charge in [0, 0.05) is 44.3 Å². The number of nitrogens with one attached hydrogen (secondary N) is 1. The fraction of sp³-hybridized carbons (Fsp3) is 0.364. The van der Waals surface area contributed by atoms with Crippen molar-refractivity contribution in [3.8, 4) is 11.5 Å². The minimum absolute atomic E-state index is 0.0620. The molecule has 1 heterocycles. The number of hydrogen-bond acceptors (Lipinski definition) is 4. The van der Waals surface area contributed by atoms with Crippen molar-refractivity contribution in [3.63, 3.8) is 0 Å². The largest absolute Gasteiger partial charge is 0.508 e. The van der Waals surface area contributed by atoms with Gasteiger partial charge in [-0.2, -0.15) is 0 Å². The first kappa shape index (κ1) is 21.8. The molecule has 1 aliphatic heterocycles. The lowest BCUT2D eigenvalue weighted by atomic mass is 10.1. The molecule has 7 nitrogen and oxygen atoms in total. The number of rotatable bonds is 6. The van der Waals surface area contributed by atoms with Crippen LogP contribution in [-0.4, -0.2) is 67.1 Å². The van der Waals surface area contributed by atoms with Crippen molar-refractivity contribution >= 4 is 23.5 Å². The molecular formula is C22H27ClN4O3. The Balaban J connectivity index is 1.50. The molecule has 8 heteroatoms. The number of aromatic hydroxyl groups is 1. The van der Waals surface area contributed by atoms with Crippen molar-refractivity contribution in [2.24, 2.45) is 4.99 Å². The minimum Gasteiger partial charge on any atom is -0.508 e. The molecule has 0 bridgehead atoms. The number of guanidine groups is 1. The third kappa shape index (κ3) is 5.57. The van der Waals surface area contributed by atoms with Gasteiger partial charge in [-0.05, 0) is 35.7 Å². The fourth-order valence-corrected chi connectivity index (χ4v) is 3.52. The van der Waals surface area contributed by atoms with Crippen molar-refractivity contribution in [2.45, 2.75) is 13.0 Å². The summed E-state index contributed by atoms with van der Waals surface area (Å²) in [6, 6.07) is 12.8. The first-order chi connectivity index (χ1) is 14.5. The second-order valence-electron chi connectivity index (χ2n) is 7.08. The Hall–Kier alpha value is -2.93. The van der Waals surface area contributed by atoms with Crippen LogP contribution in [0.25, 0.3) is 0 Å². The summed E-state index contributed by atoms with van der Waals surface area (Å²) in [5.74, 6) is 1.57. The number of aliphatic imine (C=N–C) groups is 1. The second-order valence-corrected chi connectivity index (χ2v) is 7.52. The zero-order chi connectivity index (χ0) is 21.5. The highest BCUT2D eigenvalue weighted by molar-refractivity contribution is 6.30. The Bertz CT molecular complexity index is 902. The number of hydrogen-bond donors (Lipinski definition) is 2. The van der Waals surface area contributed by atoms with Crippen LogP contribution in [0, 0.1) is 0 Å². The number of nitrogens with zero attached hydrogens (tertiary/aromatic N) is 3. The number of carbonyl (C=O) groups is 1. The van der Waals surface area contributed by atoms with Crippen molar-refractivity contribution < 1.29 is 14.6 Å². The zero-order valence-electron chi connectivity index (χ0n) is 17.3. The second kappa shape index (κ2) is 10.2. The van der Waals surface area contributed by atoms with E-state index in [1.807, 2.05) is 46.2 Å². The summed E-state index contributed by atoms with van der Waals surface area (Å²) < 4.78 is 5.11. The van der Waals surface area contributed by atoms with E-state index in [1.165, 1.54) is 0 Å². The van der Waals surface area contributed by atoms with Crippen molar-refractivity contribution in [3.05, 3.63) is 58.6 Å². The number of benzene rings is 2. The van der Waals surface area contributed by atoms with Gasteiger partial charge in [-0.1, -0.05) is 29.8 Å². The summed E-state index contributed by atoms with van der Waals surface area (Å²) in [5, 5.41) is 14.1.